The van der Waals surface area contributed by atoms with E-state index in [4.69, 9.17) is 33.7 Å². The first-order chi connectivity index (χ1) is 3.71. The zero-order valence-corrected chi connectivity index (χ0v) is 6.79. The molecule has 0 aliphatic carbocycles. The molecule has 0 bridgehead atoms. The van der Waals surface area contributed by atoms with Crippen LogP contribution in [0.25, 0.3) is 0 Å². The Morgan fingerprint density at radius 1 is 1.11 bits per heavy atom. The van der Waals surface area contributed by atoms with Gasteiger partial charge in [-0.1, -0.05) is 4.52 Å². The standard InChI is InChI=1S/CCl3F3OP/c2-9(3,4)8-1(5,6)7/q+1. The van der Waals surface area contributed by atoms with Crippen LogP contribution in [0.2, 0.25) is 0 Å². The predicted octanol–water partition coefficient (Wildman–Crippen LogP) is 3.92. The number of hydrogen-bond donors (Lipinski definition) is 0. The Kier molecular flexibility index (Phi) is 3.32. The van der Waals surface area contributed by atoms with E-state index in [0.717, 1.165) is 0 Å². The van der Waals surface area contributed by atoms with Crippen molar-refractivity contribution in [3.63, 3.8) is 0 Å². The maximum absolute atomic E-state index is 11.1. The van der Waals surface area contributed by atoms with Crippen LogP contribution in [-0.2, 0) is 4.52 Å². The lowest BCUT2D eigenvalue weighted by Crippen LogP contribution is -2.08. The molecule has 0 N–H and O–H groups in total. The van der Waals surface area contributed by atoms with Crippen molar-refractivity contribution in [2.75, 3.05) is 0 Å². The Balaban J connectivity index is 3.75. The summed E-state index contributed by atoms with van der Waals surface area (Å²) < 4.78 is 36.3. The summed E-state index contributed by atoms with van der Waals surface area (Å²) in [6, 6.07) is 0. The third-order valence-corrected chi connectivity index (χ3v) is 1.24. The van der Waals surface area contributed by atoms with Gasteiger partial charge in [-0.05, 0) is 0 Å². The molecule has 0 aromatic carbocycles. The van der Waals surface area contributed by atoms with Crippen LogP contribution in [0.4, 0.5) is 13.2 Å². The molecule has 56 valence electrons. The maximum atomic E-state index is 11.1. The monoisotopic (exact) mass is 221 g/mol. The summed E-state index contributed by atoms with van der Waals surface area (Å²) in [6.07, 6.45) is -4.86. The lowest BCUT2D eigenvalue weighted by Gasteiger charge is -2.02. The highest BCUT2D eigenvalue weighted by atomic mass is 36.1. The summed E-state index contributed by atoms with van der Waals surface area (Å²) in [5.41, 5.74) is -3.75. The number of alkyl halides is 3. The van der Waals surface area contributed by atoms with Gasteiger partial charge in [0.15, 0.2) is 33.7 Å². The first kappa shape index (κ1) is 10.0. The van der Waals surface area contributed by atoms with Crippen LogP contribution < -0.4 is 0 Å². The van der Waals surface area contributed by atoms with Crippen molar-refractivity contribution in [2.45, 2.75) is 6.36 Å². The minimum absolute atomic E-state index is 3.03. The zero-order chi connectivity index (χ0) is 7.71. The van der Waals surface area contributed by atoms with E-state index in [-0.39, 0.29) is 0 Å². The normalized spacial score (nSPS) is 14.0. The van der Waals surface area contributed by atoms with E-state index in [1.807, 2.05) is 0 Å². The van der Waals surface area contributed by atoms with Crippen LogP contribution in [-0.4, -0.2) is 6.36 Å². The van der Waals surface area contributed by atoms with Crippen molar-refractivity contribution < 1.29 is 17.7 Å². The Morgan fingerprint density at radius 3 is 1.44 bits per heavy atom. The lowest BCUT2D eigenvalue weighted by molar-refractivity contribution is -0.270. The molecule has 8 heteroatoms. The van der Waals surface area contributed by atoms with Gasteiger partial charge in [0.25, 0.3) is 0 Å². The van der Waals surface area contributed by atoms with Crippen LogP contribution in [0.3, 0.4) is 0 Å². The van der Waals surface area contributed by atoms with Gasteiger partial charge < -0.3 is 0 Å². The van der Waals surface area contributed by atoms with Gasteiger partial charge in [0, 0.05) is 0 Å². The van der Waals surface area contributed by atoms with Gasteiger partial charge in [-0.25, -0.2) is 0 Å². The molecule has 1 nitrogen and oxygen atoms in total. The lowest BCUT2D eigenvalue weighted by atomic mass is 11.4. The molecule has 0 spiro atoms. The molecular formula is CCl3F3OP+. The summed E-state index contributed by atoms with van der Waals surface area (Å²) >= 11 is 14.2. The van der Waals surface area contributed by atoms with Gasteiger partial charge in [0.05, 0.1) is 0 Å². The highest BCUT2D eigenvalue weighted by molar-refractivity contribution is 8.29. The Labute approximate surface area is 63.8 Å². The van der Waals surface area contributed by atoms with E-state index in [1.165, 1.54) is 0 Å². The second-order valence-corrected chi connectivity index (χ2v) is 7.76. The average Bonchev–Trinajstić information content (AvgIpc) is 1.14. The Bertz CT molecular complexity index is 84.2. The average molecular weight is 222 g/mol. The van der Waals surface area contributed by atoms with E-state index >= 15 is 0 Å². The predicted molar refractivity (Wildman–Crippen MR) is 31.6 cm³/mol. The number of halogens is 6. The third-order valence-electron chi connectivity index (χ3n) is 0.207. The van der Waals surface area contributed by atoms with Gasteiger partial charge >= 0.3 is 11.9 Å². The SMILES string of the molecule is FC(F)(F)O[P+](Cl)(Cl)Cl. The molecule has 0 atom stereocenters. The fourth-order valence-corrected chi connectivity index (χ4v) is 1.06. The third kappa shape index (κ3) is 9.05. The molecule has 0 rings (SSSR count). The van der Waals surface area contributed by atoms with Gasteiger partial charge in [-0.15, -0.1) is 13.2 Å². The van der Waals surface area contributed by atoms with Crippen LogP contribution in [0, 0.1) is 0 Å². The summed E-state index contributed by atoms with van der Waals surface area (Å²) in [6.45, 7) is 0. The minimum atomic E-state index is -4.86. The zero-order valence-electron chi connectivity index (χ0n) is 3.62. The van der Waals surface area contributed by atoms with Gasteiger partial charge in [-0.2, -0.15) is 0 Å². The first-order valence-corrected chi connectivity index (χ1v) is 5.88. The van der Waals surface area contributed by atoms with Crippen molar-refractivity contribution >= 4 is 39.3 Å². The molecule has 0 radical (unpaired) electrons. The molecule has 0 unspecified atom stereocenters. The highest BCUT2D eigenvalue weighted by Crippen LogP contribution is 2.76. The second-order valence-electron chi connectivity index (χ2n) is 0.936. The molecule has 0 saturated carbocycles. The van der Waals surface area contributed by atoms with Crippen LogP contribution in [0.5, 0.6) is 0 Å². The second kappa shape index (κ2) is 2.97. The Morgan fingerprint density at radius 2 is 1.44 bits per heavy atom. The number of hydrogen-bond acceptors (Lipinski definition) is 1. The molecule has 0 saturated heterocycles. The summed E-state index contributed by atoms with van der Waals surface area (Å²) in [4.78, 5) is 0. The summed E-state index contributed by atoms with van der Waals surface area (Å²) in [7, 11) is 0. The number of rotatable bonds is 1. The van der Waals surface area contributed by atoms with E-state index in [1.54, 1.807) is 0 Å². The first-order valence-electron chi connectivity index (χ1n) is 1.46. The van der Waals surface area contributed by atoms with Crippen molar-refractivity contribution in [2.24, 2.45) is 0 Å². The van der Waals surface area contributed by atoms with Crippen LogP contribution in [0.1, 0.15) is 0 Å². The quantitative estimate of drug-likeness (QED) is 0.611. The topological polar surface area (TPSA) is 9.23 Å². The minimum Gasteiger partial charge on any atom is -0.141 e. The van der Waals surface area contributed by atoms with Gasteiger partial charge in [-0.3, -0.25) is 0 Å². The van der Waals surface area contributed by atoms with Gasteiger partial charge in [0.2, 0.25) is 0 Å². The molecule has 0 amide bonds. The molecule has 9 heavy (non-hydrogen) atoms. The van der Waals surface area contributed by atoms with Crippen molar-refractivity contribution in [1.29, 1.82) is 0 Å². The molecule has 0 aromatic rings. The van der Waals surface area contributed by atoms with E-state index < -0.39 is 11.9 Å². The molecule has 0 aliphatic rings. The van der Waals surface area contributed by atoms with Crippen molar-refractivity contribution in [1.82, 2.24) is 0 Å². The fraction of sp³-hybridized carbons (Fsp3) is 1.00. The molecular weight excluding hydrogens is 222 g/mol. The van der Waals surface area contributed by atoms with E-state index in [2.05, 4.69) is 4.52 Å². The maximum Gasteiger partial charge on any atom is 0.560 e. The van der Waals surface area contributed by atoms with E-state index in [9.17, 15) is 13.2 Å². The fourth-order valence-electron chi connectivity index (χ4n) is 0.117. The van der Waals surface area contributed by atoms with Gasteiger partial charge in [0.1, 0.15) is 0 Å². The molecule has 0 heterocycles. The molecule has 0 aliphatic heterocycles. The summed E-state index contributed by atoms with van der Waals surface area (Å²) in [5, 5.41) is 0. The van der Waals surface area contributed by atoms with E-state index in [0.29, 0.717) is 0 Å². The summed E-state index contributed by atoms with van der Waals surface area (Å²) in [5.74, 6) is 0. The van der Waals surface area contributed by atoms with Crippen LogP contribution in [0.15, 0.2) is 0 Å². The Hall–Kier alpha value is 1.05. The highest BCUT2D eigenvalue weighted by Gasteiger charge is 2.50. The smallest absolute Gasteiger partial charge is 0.141 e. The van der Waals surface area contributed by atoms with Crippen molar-refractivity contribution in [3.8, 4) is 0 Å². The molecule has 0 fully saturated rings. The van der Waals surface area contributed by atoms with Crippen LogP contribution >= 0.6 is 39.3 Å². The largest absolute Gasteiger partial charge is 0.560 e. The van der Waals surface area contributed by atoms with Crippen molar-refractivity contribution in [3.05, 3.63) is 0 Å². The molecule has 0 aromatic heterocycles.